The molecule has 2 aliphatic carbocycles. The van der Waals surface area contributed by atoms with E-state index in [4.69, 9.17) is 0 Å². The Morgan fingerprint density at radius 1 is 1.00 bits per heavy atom. The van der Waals surface area contributed by atoms with Crippen LogP contribution in [0.1, 0.15) is 64.2 Å². The number of amides is 2. The third kappa shape index (κ3) is 6.30. The molecule has 0 heterocycles. The predicted octanol–water partition coefficient (Wildman–Crippen LogP) is 2.21. The zero-order valence-corrected chi connectivity index (χ0v) is 15.0. The maximum atomic E-state index is 12.0. The van der Waals surface area contributed by atoms with Crippen LogP contribution in [0.5, 0.6) is 0 Å². The highest BCUT2D eigenvalue weighted by Crippen LogP contribution is 2.24. The van der Waals surface area contributed by atoms with Crippen LogP contribution in [0.2, 0.25) is 0 Å². The van der Waals surface area contributed by atoms with Crippen molar-refractivity contribution in [1.82, 2.24) is 14.9 Å². The lowest BCUT2D eigenvalue weighted by Crippen LogP contribution is -2.48. The predicted molar refractivity (Wildman–Crippen MR) is 91.8 cm³/mol. The van der Waals surface area contributed by atoms with Crippen molar-refractivity contribution in [3.05, 3.63) is 0 Å². The quantitative estimate of drug-likeness (QED) is 0.775. The Morgan fingerprint density at radius 2 is 1.57 bits per heavy atom. The van der Waals surface area contributed by atoms with Crippen molar-refractivity contribution in [1.29, 1.82) is 0 Å². The Hall–Kier alpha value is -0.820. The fourth-order valence-electron chi connectivity index (χ4n) is 3.75. The Morgan fingerprint density at radius 3 is 2.13 bits per heavy atom. The summed E-state index contributed by atoms with van der Waals surface area (Å²) in [7, 11) is -3.23. The van der Waals surface area contributed by atoms with Crippen LogP contribution in [-0.4, -0.2) is 50.2 Å². The molecule has 2 saturated carbocycles. The molecule has 0 atom stereocenters. The van der Waals surface area contributed by atoms with Crippen molar-refractivity contribution in [2.45, 2.75) is 76.3 Å². The van der Waals surface area contributed by atoms with E-state index in [9.17, 15) is 13.2 Å². The van der Waals surface area contributed by atoms with Gasteiger partial charge < -0.3 is 10.6 Å². The highest BCUT2D eigenvalue weighted by Gasteiger charge is 2.27. The van der Waals surface area contributed by atoms with Gasteiger partial charge in [0.25, 0.3) is 0 Å². The van der Waals surface area contributed by atoms with E-state index < -0.39 is 10.0 Å². The van der Waals surface area contributed by atoms with E-state index in [0.29, 0.717) is 13.1 Å². The van der Waals surface area contributed by atoms with E-state index in [1.54, 1.807) is 4.31 Å². The fraction of sp³-hybridized carbons (Fsp3) is 0.938. The van der Waals surface area contributed by atoms with Crippen molar-refractivity contribution in [3.63, 3.8) is 0 Å². The van der Waals surface area contributed by atoms with Gasteiger partial charge in [0.2, 0.25) is 10.0 Å². The van der Waals surface area contributed by atoms with Crippen molar-refractivity contribution in [2.75, 3.05) is 19.3 Å². The monoisotopic (exact) mass is 345 g/mol. The Bertz CT molecular complexity index is 469. The second-order valence-electron chi connectivity index (χ2n) is 6.90. The number of nitrogens with zero attached hydrogens (tertiary/aromatic N) is 1. The van der Waals surface area contributed by atoms with Gasteiger partial charge in [0, 0.05) is 25.2 Å². The second-order valence-corrected chi connectivity index (χ2v) is 8.84. The van der Waals surface area contributed by atoms with Crippen molar-refractivity contribution in [2.24, 2.45) is 0 Å². The van der Waals surface area contributed by atoms with E-state index in [2.05, 4.69) is 10.6 Å². The highest BCUT2D eigenvalue weighted by atomic mass is 32.2. The summed E-state index contributed by atoms with van der Waals surface area (Å²) < 4.78 is 25.6. The Labute approximate surface area is 140 Å². The first kappa shape index (κ1) is 18.5. The lowest BCUT2D eigenvalue weighted by molar-refractivity contribution is 0.226. The Kier molecular flexibility index (Phi) is 7.14. The largest absolute Gasteiger partial charge is 0.337 e. The molecular formula is C16H31N3O3S. The summed E-state index contributed by atoms with van der Waals surface area (Å²) in [4.78, 5) is 11.9. The van der Waals surface area contributed by atoms with E-state index in [1.165, 1.54) is 31.9 Å². The molecule has 2 amide bonds. The molecule has 6 nitrogen and oxygen atoms in total. The smallest absolute Gasteiger partial charge is 0.315 e. The number of sulfonamides is 1. The first-order chi connectivity index (χ1) is 11.0. The van der Waals surface area contributed by atoms with Gasteiger partial charge in [-0.05, 0) is 25.7 Å². The summed E-state index contributed by atoms with van der Waals surface area (Å²) in [5, 5.41) is 5.81. The highest BCUT2D eigenvalue weighted by molar-refractivity contribution is 7.88. The van der Waals surface area contributed by atoms with Gasteiger partial charge in [0.05, 0.1) is 6.26 Å². The van der Waals surface area contributed by atoms with Gasteiger partial charge in [0.1, 0.15) is 0 Å². The summed E-state index contributed by atoms with van der Waals surface area (Å²) in [6, 6.07) is 0.198. The maximum Gasteiger partial charge on any atom is 0.315 e. The van der Waals surface area contributed by atoms with Gasteiger partial charge in [-0.25, -0.2) is 13.2 Å². The van der Waals surface area contributed by atoms with Gasteiger partial charge in [-0.3, -0.25) is 0 Å². The number of hydrogen-bond acceptors (Lipinski definition) is 3. The minimum absolute atomic E-state index is 0.0990. The summed E-state index contributed by atoms with van der Waals surface area (Å²) in [5.41, 5.74) is 0. The SMILES string of the molecule is CS(=O)(=O)N(CCNC(=O)NC1CCCCC1)C1CCCCC1. The van der Waals surface area contributed by atoms with Crippen LogP contribution in [0, 0.1) is 0 Å². The molecule has 2 aliphatic rings. The lowest BCUT2D eigenvalue weighted by atomic mass is 9.95. The molecular weight excluding hydrogens is 314 g/mol. The molecule has 0 unspecified atom stereocenters. The van der Waals surface area contributed by atoms with Crippen LogP contribution in [0.25, 0.3) is 0 Å². The van der Waals surface area contributed by atoms with Crippen LogP contribution >= 0.6 is 0 Å². The van der Waals surface area contributed by atoms with Crippen molar-refractivity contribution >= 4 is 16.1 Å². The normalized spacial score (nSPS) is 21.3. The molecule has 0 radical (unpaired) electrons. The molecule has 134 valence electrons. The summed E-state index contributed by atoms with van der Waals surface area (Å²) in [6.45, 7) is 0.726. The molecule has 0 aromatic rings. The molecule has 0 bridgehead atoms. The summed E-state index contributed by atoms with van der Waals surface area (Å²) >= 11 is 0. The molecule has 0 spiro atoms. The van der Waals surface area contributed by atoms with E-state index in [1.807, 2.05) is 0 Å². The first-order valence-electron chi connectivity index (χ1n) is 8.98. The van der Waals surface area contributed by atoms with Crippen LogP contribution in [0.15, 0.2) is 0 Å². The minimum Gasteiger partial charge on any atom is -0.337 e. The molecule has 2 fully saturated rings. The molecule has 0 aromatic carbocycles. The van der Waals surface area contributed by atoms with Gasteiger partial charge in [-0.2, -0.15) is 4.31 Å². The average molecular weight is 346 g/mol. The summed E-state index contributed by atoms with van der Waals surface area (Å²) in [5.74, 6) is 0. The molecule has 2 N–H and O–H groups in total. The number of hydrogen-bond donors (Lipinski definition) is 2. The fourth-order valence-corrected chi connectivity index (χ4v) is 4.93. The molecule has 0 aromatic heterocycles. The molecule has 2 rings (SSSR count). The van der Waals surface area contributed by atoms with Crippen LogP contribution in [0.3, 0.4) is 0 Å². The van der Waals surface area contributed by atoms with Crippen LogP contribution < -0.4 is 10.6 Å². The molecule has 0 saturated heterocycles. The van der Waals surface area contributed by atoms with E-state index in [0.717, 1.165) is 38.5 Å². The zero-order chi connectivity index (χ0) is 16.7. The van der Waals surface area contributed by atoms with Crippen molar-refractivity contribution < 1.29 is 13.2 Å². The van der Waals surface area contributed by atoms with Gasteiger partial charge in [0.15, 0.2) is 0 Å². The topological polar surface area (TPSA) is 78.5 Å². The van der Waals surface area contributed by atoms with Crippen LogP contribution in [-0.2, 0) is 10.0 Å². The number of nitrogens with one attached hydrogen (secondary N) is 2. The average Bonchev–Trinajstić information content (AvgIpc) is 2.52. The van der Waals surface area contributed by atoms with Crippen molar-refractivity contribution in [3.8, 4) is 0 Å². The lowest BCUT2D eigenvalue weighted by Gasteiger charge is -2.32. The van der Waals surface area contributed by atoms with Crippen LogP contribution in [0.4, 0.5) is 4.79 Å². The van der Waals surface area contributed by atoms with E-state index >= 15 is 0 Å². The Balaban J connectivity index is 1.75. The molecule has 0 aliphatic heterocycles. The molecule has 23 heavy (non-hydrogen) atoms. The third-order valence-electron chi connectivity index (χ3n) is 4.97. The number of rotatable bonds is 6. The van der Waals surface area contributed by atoms with Gasteiger partial charge in [-0.1, -0.05) is 38.5 Å². The minimum atomic E-state index is -3.23. The second kappa shape index (κ2) is 8.87. The zero-order valence-electron chi connectivity index (χ0n) is 14.2. The number of carbonyl (C=O) groups excluding carboxylic acids is 1. The molecule has 7 heteroatoms. The third-order valence-corrected chi connectivity index (χ3v) is 6.30. The van der Waals surface area contributed by atoms with E-state index in [-0.39, 0.29) is 18.1 Å². The number of carbonyl (C=O) groups is 1. The van der Waals surface area contributed by atoms with Gasteiger partial charge in [-0.15, -0.1) is 0 Å². The van der Waals surface area contributed by atoms with Gasteiger partial charge >= 0.3 is 6.03 Å². The standard InChI is InChI=1S/C16H31N3O3S/c1-23(21,22)19(15-10-6-3-7-11-15)13-12-17-16(20)18-14-8-4-2-5-9-14/h14-15H,2-13H2,1H3,(H2,17,18,20). The summed E-state index contributed by atoms with van der Waals surface area (Å²) in [6.07, 6.45) is 12.2. The first-order valence-corrected chi connectivity index (χ1v) is 10.8. The number of urea groups is 1. The maximum absolute atomic E-state index is 12.0.